The lowest BCUT2D eigenvalue weighted by atomic mass is 10.4. The van der Waals surface area contributed by atoms with E-state index in [4.69, 9.17) is 0 Å². The van der Waals surface area contributed by atoms with Gasteiger partial charge >= 0.3 is 0 Å². The number of halogens is 1. The standard InChI is InChI=1S/C7H15IN2/c8-9-4-3-7-10-5-1-2-6-10/h9H,1-7H2. The molecule has 1 N–H and O–H groups in total. The molecule has 0 spiro atoms. The molecular weight excluding hydrogens is 239 g/mol. The Balaban J connectivity index is 1.91. The molecule has 3 heteroatoms. The van der Waals surface area contributed by atoms with Crippen molar-refractivity contribution < 1.29 is 0 Å². The smallest absolute Gasteiger partial charge is 0.0169 e. The first-order valence-electron chi connectivity index (χ1n) is 3.99. The minimum atomic E-state index is 1.15. The maximum atomic E-state index is 3.13. The molecule has 0 saturated carbocycles. The number of rotatable bonds is 4. The van der Waals surface area contributed by atoms with Crippen LogP contribution in [0.4, 0.5) is 0 Å². The Labute approximate surface area is 76.9 Å². The maximum absolute atomic E-state index is 3.13. The predicted molar refractivity (Wildman–Crippen MR) is 52.3 cm³/mol. The fourth-order valence-corrected chi connectivity index (χ4v) is 1.76. The van der Waals surface area contributed by atoms with Crippen molar-refractivity contribution in [2.75, 3.05) is 26.2 Å². The predicted octanol–water partition coefficient (Wildman–Crippen LogP) is 1.41. The van der Waals surface area contributed by atoms with Crippen LogP contribution in [-0.4, -0.2) is 31.1 Å². The molecule has 0 aliphatic carbocycles. The van der Waals surface area contributed by atoms with Gasteiger partial charge < -0.3 is 4.90 Å². The minimum Gasteiger partial charge on any atom is -0.303 e. The van der Waals surface area contributed by atoms with Gasteiger partial charge in [0.25, 0.3) is 0 Å². The molecule has 0 aromatic carbocycles. The topological polar surface area (TPSA) is 15.3 Å². The lowest BCUT2D eigenvalue weighted by Crippen LogP contribution is -2.22. The Morgan fingerprint density at radius 2 is 2.00 bits per heavy atom. The highest BCUT2D eigenvalue weighted by Crippen LogP contribution is 2.06. The van der Waals surface area contributed by atoms with Gasteiger partial charge in [0.15, 0.2) is 0 Å². The lowest BCUT2D eigenvalue weighted by Gasteiger charge is -2.12. The second-order valence-electron chi connectivity index (χ2n) is 2.79. The summed E-state index contributed by atoms with van der Waals surface area (Å²) < 4.78 is 3.13. The van der Waals surface area contributed by atoms with Gasteiger partial charge in [0.1, 0.15) is 0 Å². The summed E-state index contributed by atoms with van der Waals surface area (Å²) in [4.78, 5) is 2.55. The van der Waals surface area contributed by atoms with E-state index in [-0.39, 0.29) is 0 Å². The van der Waals surface area contributed by atoms with Crippen LogP contribution < -0.4 is 3.53 Å². The first-order chi connectivity index (χ1) is 4.93. The van der Waals surface area contributed by atoms with Gasteiger partial charge in [0.05, 0.1) is 0 Å². The van der Waals surface area contributed by atoms with Gasteiger partial charge in [-0.05, 0) is 38.9 Å². The van der Waals surface area contributed by atoms with Gasteiger partial charge in [-0.1, -0.05) is 0 Å². The summed E-state index contributed by atoms with van der Waals surface area (Å²) in [7, 11) is 0. The van der Waals surface area contributed by atoms with Gasteiger partial charge in [-0.3, -0.25) is 3.53 Å². The summed E-state index contributed by atoms with van der Waals surface area (Å²) in [5.74, 6) is 0. The molecule has 0 atom stereocenters. The third-order valence-corrected chi connectivity index (χ3v) is 2.48. The van der Waals surface area contributed by atoms with Crippen LogP contribution in [-0.2, 0) is 0 Å². The van der Waals surface area contributed by atoms with Crippen LogP contribution in [0.2, 0.25) is 0 Å². The molecule has 1 aliphatic heterocycles. The minimum absolute atomic E-state index is 1.15. The second-order valence-corrected chi connectivity index (χ2v) is 3.55. The van der Waals surface area contributed by atoms with E-state index in [1.54, 1.807) is 0 Å². The fraction of sp³-hybridized carbons (Fsp3) is 1.00. The monoisotopic (exact) mass is 254 g/mol. The molecule has 0 radical (unpaired) electrons. The van der Waals surface area contributed by atoms with Crippen LogP contribution in [0.25, 0.3) is 0 Å². The Morgan fingerprint density at radius 1 is 1.30 bits per heavy atom. The van der Waals surface area contributed by atoms with E-state index in [1.807, 2.05) is 0 Å². The molecule has 1 rings (SSSR count). The number of hydrogen-bond donors (Lipinski definition) is 1. The largest absolute Gasteiger partial charge is 0.303 e. The highest BCUT2D eigenvalue weighted by molar-refractivity contribution is 14.1. The summed E-state index contributed by atoms with van der Waals surface area (Å²) in [5.41, 5.74) is 0. The van der Waals surface area contributed by atoms with Crippen molar-refractivity contribution in [3.8, 4) is 0 Å². The SMILES string of the molecule is INCCCN1CCCC1. The van der Waals surface area contributed by atoms with E-state index in [1.165, 1.54) is 38.9 Å². The fourth-order valence-electron chi connectivity index (χ4n) is 1.38. The van der Waals surface area contributed by atoms with Crippen LogP contribution in [0.5, 0.6) is 0 Å². The Morgan fingerprint density at radius 3 is 2.60 bits per heavy atom. The molecule has 1 saturated heterocycles. The molecule has 0 bridgehead atoms. The van der Waals surface area contributed by atoms with Gasteiger partial charge in [-0.15, -0.1) is 0 Å². The van der Waals surface area contributed by atoms with Crippen molar-refractivity contribution in [1.82, 2.24) is 8.43 Å². The van der Waals surface area contributed by atoms with E-state index < -0.39 is 0 Å². The molecule has 0 unspecified atom stereocenters. The van der Waals surface area contributed by atoms with E-state index in [0.717, 1.165) is 6.54 Å². The van der Waals surface area contributed by atoms with Gasteiger partial charge in [0, 0.05) is 29.4 Å². The van der Waals surface area contributed by atoms with Crippen LogP contribution in [0, 0.1) is 0 Å². The maximum Gasteiger partial charge on any atom is 0.0169 e. The van der Waals surface area contributed by atoms with Gasteiger partial charge in [-0.25, -0.2) is 0 Å². The summed E-state index contributed by atoms with van der Waals surface area (Å²) >= 11 is 2.21. The molecule has 2 nitrogen and oxygen atoms in total. The first kappa shape index (κ1) is 8.74. The summed E-state index contributed by atoms with van der Waals surface area (Å²) in [5, 5.41) is 0. The number of nitrogens with zero attached hydrogens (tertiary/aromatic N) is 1. The zero-order valence-electron chi connectivity index (χ0n) is 6.27. The third kappa shape index (κ3) is 3.16. The van der Waals surface area contributed by atoms with Crippen LogP contribution in [0.15, 0.2) is 0 Å². The molecule has 0 aromatic rings. The molecule has 1 aliphatic rings. The van der Waals surface area contributed by atoms with Crippen molar-refractivity contribution in [3.63, 3.8) is 0 Å². The van der Waals surface area contributed by atoms with Gasteiger partial charge in [0.2, 0.25) is 0 Å². The molecule has 0 aromatic heterocycles. The lowest BCUT2D eigenvalue weighted by molar-refractivity contribution is 0.335. The quantitative estimate of drug-likeness (QED) is 0.463. The summed E-state index contributed by atoms with van der Waals surface area (Å²) in [6.45, 7) is 5.11. The van der Waals surface area contributed by atoms with Crippen molar-refractivity contribution in [1.29, 1.82) is 0 Å². The zero-order valence-corrected chi connectivity index (χ0v) is 8.43. The van der Waals surface area contributed by atoms with E-state index in [0.29, 0.717) is 0 Å². The Bertz CT molecular complexity index is 81.7. The second kappa shape index (κ2) is 5.32. The van der Waals surface area contributed by atoms with E-state index in [2.05, 4.69) is 31.3 Å². The Kier molecular flexibility index (Phi) is 4.65. The number of hydrogen-bond acceptors (Lipinski definition) is 2. The van der Waals surface area contributed by atoms with Crippen molar-refractivity contribution in [3.05, 3.63) is 0 Å². The summed E-state index contributed by atoms with van der Waals surface area (Å²) in [6.07, 6.45) is 4.12. The summed E-state index contributed by atoms with van der Waals surface area (Å²) in [6, 6.07) is 0. The molecule has 1 heterocycles. The molecular formula is C7H15IN2. The number of nitrogens with one attached hydrogen (secondary N) is 1. The highest BCUT2D eigenvalue weighted by Gasteiger charge is 2.09. The normalized spacial score (nSPS) is 20.1. The molecule has 10 heavy (non-hydrogen) atoms. The van der Waals surface area contributed by atoms with Crippen molar-refractivity contribution >= 4 is 22.9 Å². The van der Waals surface area contributed by atoms with E-state index in [9.17, 15) is 0 Å². The zero-order chi connectivity index (χ0) is 7.23. The van der Waals surface area contributed by atoms with Crippen LogP contribution >= 0.6 is 22.9 Å². The Hall–Kier alpha value is 0.650. The number of likely N-dealkylation sites (tertiary alicyclic amines) is 1. The average Bonchev–Trinajstić information content (AvgIpc) is 2.41. The van der Waals surface area contributed by atoms with Gasteiger partial charge in [-0.2, -0.15) is 0 Å². The van der Waals surface area contributed by atoms with Crippen LogP contribution in [0.1, 0.15) is 19.3 Å². The van der Waals surface area contributed by atoms with E-state index >= 15 is 0 Å². The molecule has 0 amide bonds. The molecule has 60 valence electrons. The van der Waals surface area contributed by atoms with Crippen LogP contribution in [0.3, 0.4) is 0 Å². The first-order valence-corrected chi connectivity index (χ1v) is 5.07. The third-order valence-electron chi connectivity index (χ3n) is 1.94. The van der Waals surface area contributed by atoms with Crippen molar-refractivity contribution in [2.24, 2.45) is 0 Å². The molecule has 1 fully saturated rings. The average molecular weight is 254 g/mol. The highest BCUT2D eigenvalue weighted by atomic mass is 127. The van der Waals surface area contributed by atoms with Crippen molar-refractivity contribution in [2.45, 2.75) is 19.3 Å².